The number of hydrogen-bond donors (Lipinski definition) is 1. The Morgan fingerprint density at radius 1 is 1.25 bits per heavy atom. The number of nitrogens with one attached hydrogen (secondary N) is 1. The van der Waals surface area contributed by atoms with Crippen molar-refractivity contribution < 1.29 is 27.5 Å². The molecule has 6 nitrogen and oxygen atoms in total. The standard InChI is InChI=1S/C19H20F3N3O3/c1-11-6-15(9-24-18(11)28-10-19(20,21)22)17(27)25-13(3)14-4-5-23-16(8-14)7-12(2)26/h4-6,8-9,13H,7,10H2,1-3H3,(H,25,27). The molecular formula is C19H20F3N3O3. The third-order valence-corrected chi connectivity index (χ3v) is 3.78. The Hall–Kier alpha value is -2.97. The number of pyridine rings is 2. The van der Waals surface area contributed by atoms with Gasteiger partial charge in [-0.05, 0) is 44.5 Å². The average Bonchev–Trinajstić information content (AvgIpc) is 2.59. The van der Waals surface area contributed by atoms with Gasteiger partial charge in [0.15, 0.2) is 6.61 Å². The van der Waals surface area contributed by atoms with Crippen molar-refractivity contribution >= 4 is 11.7 Å². The highest BCUT2D eigenvalue weighted by molar-refractivity contribution is 5.94. The summed E-state index contributed by atoms with van der Waals surface area (Å²) in [5.74, 6) is -0.629. The lowest BCUT2D eigenvalue weighted by molar-refractivity contribution is -0.154. The molecule has 0 aliphatic heterocycles. The number of hydrogen-bond acceptors (Lipinski definition) is 5. The number of nitrogens with zero attached hydrogens (tertiary/aromatic N) is 2. The van der Waals surface area contributed by atoms with Crippen LogP contribution in [0.4, 0.5) is 13.2 Å². The monoisotopic (exact) mass is 395 g/mol. The van der Waals surface area contributed by atoms with E-state index in [1.54, 1.807) is 25.3 Å². The third-order valence-electron chi connectivity index (χ3n) is 3.78. The van der Waals surface area contributed by atoms with Gasteiger partial charge in [-0.1, -0.05) is 0 Å². The third kappa shape index (κ3) is 6.33. The Morgan fingerprint density at radius 2 is 1.96 bits per heavy atom. The lowest BCUT2D eigenvalue weighted by Crippen LogP contribution is -2.27. The average molecular weight is 395 g/mol. The van der Waals surface area contributed by atoms with Crippen LogP contribution in [0.3, 0.4) is 0 Å². The van der Waals surface area contributed by atoms with Crippen LogP contribution in [0.2, 0.25) is 0 Å². The van der Waals surface area contributed by atoms with Gasteiger partial charge in [-0.3, -0.25) is 14.6 Å². The summed E-state index contributed by atoms with van der Waals surface area (Å²) in [7, 11) is 0. The van der Waals surface area contributed by atoms with E-state index < -0.39 is 18.7 Å². The molecule has 150 valence electrons. The maximum Gasteiger partial charge on any atom is 0.422 e. The summed E-state index contributed by atoms with van der Waals surface area (Å²) in [6.07, 6.45) is -1.54. The molecule has 1 unspecified atom stereocenters. The van der Waals surface area contributed by atoms with Crippen molar-refractivity contribution in [1.29, 1.82) is 0 Å². The van der Waals surface area contributed by atoms with Crippen molar-refractivity contribution in [3.63, 3.8) is 0 Å². The number of carbonyl (C=O) groups is 2. The number of alkyl halides is 3. The second kappa shape index (κ2) is 8.81. The van der Waals surface area contributed by atoms with Gasteiger partial charge in [-0.25, -0.2) is 4.98 Å². The molecule has 0 fully saturated rings. The van der Waals surface area contributed by atoms with Gasteiger partial charge in [0.2, 0.25) is 5.88 Å². The second-order valence-electron chi connectivity index (χ2n) is 6.40. The summed E-state index contributed by atoms with van der Waals surface area (Å²) in [6.45, 7) is 3.30. The van der Waals surface area contributed by atoms with Crippen LogP contribution in [0.25, 0.3) is 0 Å². The second-order valence-corrected chi connectivity index (χ2v) is 6.40. The number of halogens is 3. The number of aryl methyl sites for hydroxylation is 1. The summed E-state index contributed by atoms with van der Waals surface area (Å²) < 4.78 is 41.4. The zero-order chi connectivity index (χ0) is 20.9. The van der Waals surface area contributed by atoms with Crippen LogP contribution in [-0.4, -0.2) is 34.4 Å². The highest BCUT2D eigenvalue weighted by atomic mass is 19.4. The maximum atomic E-state index is 12.4. The van der Waals surface area contributed by atoms with E-state index in [4.69, 9.17) is 0 Å². The van der Waals surface area contributed by atoms with Crippen LogP contribution in [0.1, 0.15) is 47.1 Å². The molecule has 0 aliphatic carbocycles. The quantitative estimate of drug-likeness (QED) is 0.778. The van der Waals surface area contributed by atoms with Crippen molar-refractivity contribution in [2.24, 2.45) is 0 Å². The fourth-order valence-corrected chi connectivity index (χ4v) is 2.47. The molecule has 0 spiro atoms. The SMILES string of the molecule is CC(=O)Cc1cc(C(C)NC(=O)c2cnc(OCC(F)(F)F)c(C)c2)ccn1. The van der Waals surface area contributed by atoms with E-state index in [2.05, 4.69) is 20.0 Å². The largest absolute Gasteiger partial charge is 0.468 e. The molecule has 0 saturated heterocycles. The van der Waals surface area contributed by atoms with E-state index in [0.717, 1.165) is 11.8 Å². The molecule has 0 radical (unpaired) electrons. The lowest BCUT2D eigenvalue weighted by Gasteiger charge is -2.16. The Bertz CT molecular complexity index is 869. The fraction of sp³-hybridized carbons (Fsp3) is 0.368. The molecule has 2 rings (SSSR count). The van der Waals surface area contributed by atoms with Crippen molar-refractivity contribution in [2.45, 2.75) is 39.4 Å². The first-order chi connectivity index (χ1) is 13.0. The van der Waals surface area contributed by atoms with Crippen LogP contribution in [0.5, 0.6) is 5.88 Å². The number of Topliss-reactive ketones (excluding diaryl/α,β-unsaturated/α-hetero) is 1. The molecule has 28 heavy (non-hydrogen) atoms. The number of ether oxygens (including phenoxy) is 1. The van der Waals surface area contributed by atoms with Crippen molar-refractivity contribution in [2.75, 3.05) is 6.61 Å². The van der Waals surface area contributed by atoms with Gasteiger partial charge in [0, 0.05) is 30.1 Å². The predicted molar refractivity (Wildman–Crippen MR) is 95.0 cm³/mol. The Labute approximate surface area is 160 Å². The number of amides is 1. The molecule has 1 N–H and O–H groups in total. The van der Waals surface area contributed by atoms with E-state index in [9.17, 15) is 22.8 Å². The molecule has 9 heteroatoms. The molecule has 0 bridgehead atoms. The van der Waals surface area contributed by atoms with Gasteiger partial charge in [0.25, 0.3) is 5.91 Å². The first kappa shape index (κ1) is 21.3. The summed E-state index contributed by atoms with van der Waals surface area (Å²) in [5.41, 5.74) is 1.89. The van der Waals surface area contributed by atoms with Crippen molar-refractivity contribution in [3.05, 3.63) is 53.0 Å². The van der Waals surface area contributed by atoms with Gasteiger partial charge in [-0.2, -0.15) is 13.2 Å². The summed E-state index contributed by atoms with van der Waals surface area (Å²) >= 11 is 0. The van der Waals surface area contributed by atoms with Crippen molar-refractivity contribution in [1.82, 2.24) is 15.3 Å². The minimum atomic E-state index is -4.47. The molecule has 2 aromatic rings. The molecule has 1 atom stereocenters. The molecule has 2 heterocycles. The van der Waals surface area contributed by atoms with Crippen LogP contribution in [0, 0.1) is 6.92 Å². The fourth-order valence-electron chi connectivity index (χ4n) is 2.47. The molecule has 1 amide bonds. The number of carbonyl (C=O) groups excluding carboxylic acids is 2. The first-order valence-electron chi connectivity index (χ1n) is 8.46. The van der Waals surface area contributed by atoms with Gasteiger partial charge < -0.3 is 10.1 Å². The zero-order valence-electron chi connectivity index (χ0n) is 15.6. The molecule has 2 aromatic heterocycles. The Morgan fingerprint density at radius 3 is 2.57 bits per heavy atom. The first-order valence-corrected chi connectivity index (χ1v) is 8.46. The Balaban J connectivity index is 2.06. The van der Waals surface area contributed by atoms with Gasteiger partial charge in [0.1, 0.15) is 5.78 Å². The topological polar surface area (TPSA) is 81.2 Å². The lowest BCUT2D eigenvalue weighted by atomic mass is 10.1. The van der Waals surface area contributed by atoms with E-state index in [0.29, 0.717) is 11.3 Å². The number of rotatable bonds is 7. The van der Waals surface area contributed by atoms with E-state index in [-0.39, 0.29) is 29.7 Å². The van der Waals surface area contributed by atoms with Crippen LogP contribution < -0.4 is 10.1 Å². The number of aromatic nitrogens is 2. The van der Waals surface area contributed by atoms with Gasteiger partial charge >= 0.3 is 6.18 Å². The predicted octanol–water partition coefficient (Wildman–Crippen LogP) is 3.35. The van der Waals surface area contributed by atoms with Crippen LogP contribution in [0.15, 0.2) is 30.6 Å². The minimum absolute atomic E-state index is 0.0179. The maximum absolute atomic E-state index is 12.4. The summed E-state index contributed by atoms with van der Waals surface area (Å²) in [5, 5.41) is 2.78. The Kier molecular flexibility index (Phi) is 6.71. The van der Waals surface area contributed by atoms with Crippen LogP contribution >= 0.6 is 0 Å². The van der Waals surface area contributed by atoms with Crippen molar-refractivity contribution in [3.8, 4) is 5.88 Å². The summed E-state index contributed by atoms with van der Waals surface area (Å²) in [4.78, 5) is 31.6. The molecular weight excluding hydrogens is 375 g/mol. The van der Waals surface area contributed by atoms with E-state index >= 15 is 0 Å². The molecule has 0 saturated carbocycles. The molecule has 0 aliphatic rings. The normalized spacial score (nSPS) is 12.4. The minimum Gasteiger partial charge on any atom is -0.468 e. The smallest absolute Gasteiger partial charge is 0.422 e. The highest BCUT2D eigenvalue weighted by Gasteiger charge is 2.29. The van der Waals surface area contributed by atoms with E-state index in [1.807, 2.05) is 0 Å². The van der Waals surface area contributed by atoms with Gasteiger partial charge in [0.05, 0.1) is 11.6 Å². The zero-order valence-corrected chi connectivity index (χ0v) is 15.6. The number of ketones is 1. The van der Waals surface area contributed by atoms with Crippen LogP contribution in [-0.2, 0) is 11.2 Å². The molecule has 0 aromatic carbocycles. The van der Waals surface area contributed by atoms with E-state index in [1.165, 1.54) is 19.9 Å². The summed E-state index contributed by atoms with van der Waals surface area (Å²) in [6, 6.07) is 4.51. The highest BCUT2D eigenvalue weighted by Crippen LogP contribution is 2.21. The van der Waals surface area contributed by atoms with Gasteiger partial charge in [-0.15, -0.1) is 0 Å².